The predicted molar refractivity (Wildman–Crippen MR) is 76.1 cm³/mol. The molecule has 1 aliphatic rings. The molecule has 0 aromatic carbocycles. The molecular weight excluding hydrogens is 322 g/mol. The van der Waals surface area contributed by atoms with Crippen LogP contribution in [0.5, 0.6) is 0 Å². The zero-order valence-electron chi connectivity index (χ0n) is 11.0. The van der Waals surface area contributed by atoms with Crippen LogP contribution in [0, 0.1) is 0 Å². The van der Waals surface area contributed by atoms with Crippen LogP contribution in [0.3, 0.4) is 0 Å². The smallest absolute Gasteiger partial charge is 0.253 e. The van der Waals surface area contributed by atoms with Crippen LogP contribution in [0.15, 0.2) is 22.9 Å². The Morgan fingerprint density at radius 1 is 1.50 bits per heavy atom. The molecule has 1 N–H and O–H groups in total. The zero-order chi connectivity index (χ0) is 14.1. The minimum absolute atomic E-state index is 0.109. The van der Waals surface area contributed by atoms with Gasteiger partial charge >= 0.3 is 0 Å². The monoisotopic (exact) mass is 335 g/mol. The van der Waals surface area contributed by atoms with Crippen molar-refractivity contribution in [2.45, 2.75) is 25.3 Å². The molecule has 0 atom stereocenters. The topological polar surface area (TPSA) is 72.7 Å². The summed E-state index contributed by atoms with van der Waals surface area (Å²) >= 11 is 3.37. The molecule has 2 aromatic rings. The highest BCUT2D eigenvalue weighted by molar-refractivity contribution is 9.10. The summed E-state index contributed by atoms with van der Waals surface area (Å²) in [5.74, 6) is 0.323. The van der Waals surface area contributed by atoms with E-state index in [1.807, 2.05) is 6.07 Å². The quantitative estimate of drug-likeness (QED) is 0.924. The van der Waals surface area contributed by atoms with Gasteiger partial charge in [0.25, 0.3) is 5.91 Å². The van der Waals surface area contributed by atoms with Crippen molar-refractivity contribution < 1.29 is 4.79 Å². The van der Waals surface area contributed by atoms with E-state index in [9.17, 15) is 4.79 Å². The first kappa shape index (κ1) is 13.2. The fourth-order valence-corrected chi connectivity index (χ4v) is 2.38. The molecule has 1 saturated carbocycles. The number of nitrogens with one attached hydrogen (secondary N) is 1. The molecule has 0 radical (unpaired) electrons. The summed E-state index contributed by atoms with van der Waals surface area (Å²) in [4.78, 5) is 16.7. The highest BCUT2D eigenvalue weighted by Gasteiger charge is 2.29. The van der Waals surface area contributed by atoms with Crippen molar-refractivity contribution in [2.75, 3.05) is 0 Å². The highest BCUT2D eigenvalue weighted by atomic mass is 79.9. The maximum atomic E-state index is 12.3. The second kappa shape index (κ2) is 5.32. The zero-order valence-corrected chi connectivity index (χ0v) is 12.6. The van der Waals surface area contributed by atoms with Gasteiger partial charge in [0.15, 0.2) is 0 Å². The van der Waals surface area contributed by atoms with Crippen molar-refractivity contribution in [1.82, 2.24) is 25.3 Å². The largest absolute Gasteiger partial charge is 0.346 e. The summed E-state index contributed by atoms with van der Waals surface area (Å²) < 4.78 is 2.45. The second-order valence-electron chi connectivity index (χ2n) is 4.89. The number of nitrogens with zero attached hydrogens (tertiary/aromatic N) is 4. The van der Waals surface area contributed by atoms with Crippen molar-refractivity contribution in [2.24, 2.45) is 7.05 Å². The summed E-state index contributed by atoms with van der Waals surface area (Å²) in [6, 6.07) is 1.83. The van der Waals surface area contributed by atoms with Crippen molar-refractivity contribution in [3.05, 3.63) is 39.9 Å². The molecule has 0 saturated heterocycles. The third kappa shape index (κ3) is 2.72. The van der Waals surface area contributed by atoms with Crippen molar-refractivity contribution in [3.63, 3.8) is 0 Å². The van der Waals surface area contributed by atoms with Crippen LogP contribution in [0.2, 0.25) is 0 Å². The predicted octanol–water partition coefficient (Wildman–Crippen LogP) is 1.78. The van der Waals surface area contributed by atoms with Gasteiger partial charge in [0.1, 0.15) is 0 Å². The third-order valence-electron chi connectivity index (χ3n) is 3.33. The van der Waals surface area contributed by atoms with Crippen LogP contribution in [-0.4, -0.2) is 25.9 Å². The van der Waals surface area contributed by atoms with Crippen LogP contribution in [0.25, 0.3) is 0 Å². The minimum atomic E-state index is -0.109. The lowest BCUT2D eigenvalue weighted by Gasteiger charge is -2.09. The Hall–Kier alpha value is -1.76. The molecule has 0 spiro atoms. The average Bonchev–Trinajstić information content (AvgIpc) is 3.19. The Labute approximate surface area is 124 Å². The van der Waals surface area contributed by atoms with E-state index < -0.39 is 0 Å². The fraction of sp³-hybridized carbons (Fsp3) is 0.385. The first-order valence-corrected chi connectivity index (χ1v) is 7.21. The normalized spacial score (nSPS) is 14.3. The van der Waals surface area contributed by atoms with Gasteiger partial charge in [0, 0.05) is 23.6 Å². The van der Waals surface area contributed by atoms with Crippen LogP contribution < -0.4 is 5.32 Å². The van der Waals surface area contributed by atoms with E-state index in [0.29, 0.717) is 18.0 Å². The van der Waals surface area contributed by atoms with Gasteiger partial charge in [-0.15, -0.1) is 5.10 Å². The van der Waals surface area contributed by atoms with Gasteiger partial charge in [-0.25, -0.2) is 0 Å². The Morgan fingerprint density at radius 3 is 2.95 bits per heavy atom. The van der Waals surface area contributed by atoms with E-state index in [1.54, 1.807) is 24.1 Å². The molecule has 7 heteroatoms. The summed E-state index contributed by atoms with van der Waals surface area (Å²) in [7, 11) is 1.80. The number of aromatic nitrogens is 4. The van der Waals surface area contributed by atoms with Gasteiger partial charge in [-0.05, 0) is 34.8 Å². The Balaban J connectivity index is 1.76. The molecule has 20 heavy (non-hydrogen) atoms. The number of carbonyl (C=O) groups is 1. The van der Waals surface area contributed by atoms with Crippen LogP contribution in [-0.2, 0) is 13.6 Å². The molecular formula is C13H14BrN5O. The lowest BCUT2D eigenvalue weighted by molar-refractivity contribution is 0.0948. The summed E-state index contributed by atoms with van der Waals surface area (Å²) in [6.45, 7) is 0.402. The molecule has 3 rings (SSSR count). The Morgan fingerprint density at radius 2 is 2.30 bits per heavy atom. The number of aryl methyl sites for hydroxylation is 1. The van der Waals surface area contributed by atoms with Gasteiger partial charge in [0.05, 0.1) is 29.7 Å². The number of hydrogen-bond donors (Lipinski definition) is 1. The number of pyridine rings is 1. The highest BCUT2D eigenvalue weighted by Crippen LogP contribution is 2.40. The molecule has 2 heterocycles. The average molecular weight is 336 g/mol. The standard InChI is InChI=1S/C13H14BrN5O/c1-19-10(7-17-18-19)6-16-13(20)11-4-9(14)5-15-12(11)8-2-3-8/h4-5,7-8H,2-3,6H2,1H3,(H,16,20). The number of amides is 1. The van der Waals surface area contributed by atoms with Gasteiger partial charge in [-0.3, -0.25) is 14.5 Å². The molecule has 6 nitrogen and oxygen atoms in total. The molecule has 0 bridgehead atoms. The van der Waals surface area contributed by atoms with E-state index in [1.165, 1.54) is 0 Å². The minimum Gasteiger partial charge on any atom is -0.346 e. The number of hydrogen-bond acceptors (Lipinski definition) is 4. The number of halogens is 1. The van der Waals surface area contributed by atoms with Gasteiger partial charge in [0.2, 0.25) is 0 Å². The first-order chi connectivity index (χ1) is 9.65. The van der Waals surface area contributed by atoms with E-state index >= 15 is 0 Å². The number of carbonyl (C=O) groups excluding carboxylic acids is 1. The van der Waals surface area contributed by atoms with Crippen LogP contribution in [0.1, 0.15) is 40.5 Å². The van der Waals surface area contributed by atoms with Gasteiger partial charge < -0.3 is 5.32 Å². The summed E-state index contributed by atoms with van der Waals surface area (Å²) in [5.41, 5.74) is 2.40. The van der Waals surface area contributed by atoms with Gasteiger partial charge in [-0.2, -0.15) is 0 Å². The molecule has 1 amide bonds. The number of rotatable bonds is 4. The fourth-order valence-electron chi connectivity index (χ4n) is 2.05. The van der Waals surface area contributed by atoms with Crippen molar-refractivity contribution >= 4 is 21.8 Å². The van der Waals surface area contributed by atoms with Crippen molar-refractivity contribution in [3.8, 4) is 0 Å². The van der Waals surface area contributed by atoms with E-state index in [2.05, 4.69) is 36.5 Å². The van der Waals surface area contributed by atoms with E-state index in [-0.39, 0.29) is 5.91 Å². The lowest BCUT2D eigenvalue weighted by atomic mass is 10.1. The summed E-state index contributed by atoms with van der Waals surface area (Å²) in [6.07, 6.45) is 5.61. The third-order valence-corrected chi connectivity index (χ3v) is 3.77. The molecule has 2 aromatic heterocycles. The maximum Gasteiger partial charge on any atom is 0.253 e. The first-order valence-electron chi connectivity index (χ1n) is 6.42. The SMILES string of the molecule is Cn1nncc1CNC(=O)c1cc(Br)cnc1C1CC1. The molecule has 0 aliphatic heterocycles. The molecule has 0 unspecified atom stereocenters. The second-order valence-corrected chi connectivity index (χ2v) is 5.81. The molecule has 1 fully saturated rings. The molecule has 104 valence electrons. The molecule has 1 aliphatic carbocycles. The van der Waals surface area contributed by atoms with Gasteiger partial charge in [-0.1, -0.05) is 5.21 Å². The Kier molecular flexibility index (Phi) is 3.52. The van der Waals surface area contributed by atoms with Crippen LogP contribution >= 0.6 is 15.9 Å². The Bertz CT molecular complexity index is 650. The van der Waals surface area contributed by atoms with Crippen LogP contribution in [0.4, 0.5) is 0 Å². The van der Waals surface area contributed by atoms with E-state index in [4.69, 9.17) is 0 Å². The van der Waals surface area contributed by atoms with Crippen molar-refractivity contribution in [1.29, 1.82) is 0 Å². The maximum absolute atomic E-state index is 12.3. The summed E-state index contributed by atoms with van der Waals surface area (Å²) in [5, 5.41) is 10.5. The van der Waals surface area contributed by atoms with E-state index in [0.717, 1.165) is 28.7 Å². The lowest BCUT2D eigenvalue weighted by Crippen LogP contribution is -2.25.